The Morgan fingerprint density at radius 2 is 2.14 bits per heavy atom. The van der Waals surface area contributed by atoms with Crippen LogP contribution >= 0.6 is 11.8 Å². The Hall–Kier alpha value is -1.20. The molecule has 1 aromatic rings. The third-order valence-corrected chi connectivity index (χ3v) is 3.83. The average Bonchev–Trinajstić information content (AvgIpc) is 2.49. The number of aliphatic imine (C=N–C) groups is 1. The van der Waals surface area contributed by atoms with Gasteiger partial charge in [-0.1, -0.05) is 12.1 Å². The maximum Gasteiger partial charge on any atom is 0.191 e. The molecule has 0 heterocycles. The Kier molecular flexibility index (Phi) is 8.94. The highest BCUT2D eigenvalue weighted by atomic mass is 32.2. The summed E-state index contributed by atoms with van der Waals surface area (Å²) in [7, 11) is 1.72. The van der Waals surface area contributed by atoms with Gasteiger partial charge in [-0.2, -0.15) is 0 Å². The van der Waals surface area contributed by atoms with Gasteiger partial charge in [0.25, 0.3) is 0 Å². The van der Waals surface area contributed by atoms with E-state index in [1.807, 2.05) is 0 Å². The summed E-state index contributed by atoms with van der Waals surface area (Å²) in [4.78, 5) is 5.96. The van der Waals surface area contributed by atoms with E-state index in [0.717, 1.165) is 32.1 Å². The Balaban J connectivity index is 2.64. The molecule has 0 fully saturated rings. The van der Waals surface area contributed by atoms with Crippen LogP contribution < -0.4 is 10.6 Å². The zero-order valence-corrected chi connectivity index (χ0v) is 14.3. The number of benzene rings is 1. The molecular weight excluding hydrogens is 282 g/mol. The van der Waals surface area contributed by atoms with Gasteiger partial charge >= 0.3 is 0 Å². The first kappa shape index (κ1) is 17.9. The summed E-state index contributed by atoms with van der Waals surface area (Å²) in [5, 5.41) is 6.60. The first-order valence-corrected chi connectivity index (χ1v) is 8.58. The molecule has 0 radical (unpaired) electrons. The molecule has 0 saturated carbocycles. The lowest BCUT2D eigenvalue weighted by Crippen LogP contribution is -2.38. The second-order valence-electron chi connectivity index (χ2n) is 4.78. The molecule has 0 unspecified atom stereocenters. The van der Waals surface area contributed by atoms with Crippen LogP contribution in [0.4, 0.5) is 0 Å². The Labute approximate surface area is 132 Å². The van der Waals surface area contributed by atoms with Gasteiger partial charge in [-0.05, 0) is 43.7 Å². The zero-order valence-electron chi connectivity index (χ0n) is 13.5. The highest BCUT2D eigenvalue weighted by Gasteiger charge is 2.02. The van der Waals surface area contributed by atoms with Crippen LogP contribution in [-0.2, 0) is 11.3 Å². The van der Waals surface area contributed by atoms with Gasteiger partial charge in [0.15, 0.2) is 5.96 Å². The minimum absolute atomic E-state index is 0.691. The van der Waals surface area contributed by atoms with Gasteiger partial charge in [0.1, 0.15) is 0 Å². The molecule has 118 valence electrons. The predicted octanol–water partition coefficient (Wildman–Crippen LogP) is 2.81. The molecule has 21 heavy (non-hydrogen) atoms. The Morgan fingerprint density at radius 3 is 2.81 bits per heavy atom. The number of rotatable bonds is 8. The van der Waals surface area contributed by atoms with Gasteiger partial charge in [-0.15, -0.1) is 11.8 Å². The second kappa shape index (κ2) is 10.5. The van der Waals surface area contributed by atoms with Crippen molar-refractivity contribution in [2.45, 2.75) is 31.7 Å². The van der Waals surface area contributed by atoms with Crippen LogP contribution in [0.1, 0.15) is 24.5 Å². The monoisotopic (exact) mass is 309 g/mol. The number of guanidine groups is 1. The molecule has 0 spiro atoms. The maximum absolute atomic E-state index is 5.05. The summed E-state index contributed by atoms with van der Waals surface area (Å²) in [6.07, 6.45) is 3.08. The van der Waals surface area contributed by atoms with Crippen molar-refractivity contribution in [2.75, 3.05) is 33.1 Å². The molecule has 0 aliphatic carbocycles. The van der Waals surface area contributed by atoms with Crippen molar-refractivity contribution in [3.8, 4) is 0 Å². The summed E-state index contributed by atoms with van der Waals surface area (Å²) in [6.45, 7) is 7.37. The molecule has 0 aliphatic rings. The largest absolute Gasteiger partial charge is 0.385 e. The summed E-state index contributed by atoms with van der Waals surface area (Å²) in [5.74, 6) is 0.862. The quantitative estimate of drug-likeness (QED) is 0.335. The van der Waals surface area contributed by atoms with E-state index in [1.54, 1.807) is 18.9 Å². The van der Waals surface area contributed by atoms with Crippen molar-refractivity contribution < 1.29 is 4.74 Å². The van der Waals surface area contributed by atoms with Crippen LogP contribution in [0.3, 0.4) is 0 Å². The van der Waals surface area contributed by atoms with Gasteiger partial charge in [0.2, 0.25) is 0 Å². The van der Waals surface area contributed by atoms with E-state index >= 15 is 0 Å². The Morgan fingerprint density at radius 1 is 1.33 bits per heavy atom. The van der Waals surface area contributed by atoms with Crippen molar-refractivity contribution in [2.24, 2.45) is 4.99 Å². The van der Waals surface area contributed by atoms with E-state index in [-0.39, 0.29) is 0 Å². The van der Waals surface area contributed by atoms with Crippen molar-refractivity contribution >= 4 is 17.7 Å². The van der Waals surface area contributed by atoms with E-state index < -0.39 is 0 Å². The average molecular weight is 309 g/mol. The third-order valence-electron chi connectivity index (χ3n) is 3.01. The minimum atomic E-state index is 0.691. The second-order valence-corrected chi connectivity index (χ2v) is 5.63. The molecule has 0 aliphatic heterocycles. The van der Waals surface area contributed by atoms with Crippen molar-refractivity contribution in [3.05, 3.63) is 29.3 Å². The molecular formula is C16H27N3OS. The maximum atomic E-state index is 5.05. The molecule has 1 aromatic carbocycles. The molecule has 1 rings (SSSR count). The first-order valence-electron chi connectivity index (χ1n) is 7.35. The van der Waals surface area contributed by atoms with Crippen LogP contribution in [0.2, 0.25) is 0 Å². The van der Waals surface area contributed by atoms with E-state index in [2.05, 4.69) is 53.9 Å². The fraction of sp³-hybridized carbons (Fsp3) is 0.562. The highest BCUT2D eigenvalue weighted by Crippen LogP contribution is 2.22. The standard InChI is InChI=1S/C16H27N3OS/c1-5-17-16(18-9-6-10-20-3)19-12-14-8-7-13(2)11-15(14)21-4/h7-8,11H,5-6,9-10,12H2,1-4H3,(H2,17,18,19). The summed E-state index contributed by atoms with van der Waals surface area (Å²) in [6, 6.07) is 6.52. The van der Waals surface area contributed by atoms with E-state index in [4.69, 9.17) is 4.74 Å². The van der Waals surface area contributed by atoms with Crippen LogP contribution in [0, 0.1) is 6.92 Å². The topological polar surface area (TPSA) is 45.7 Å². The third kappa shape index (κ3) is 6.87. The van der Waals surface area contributed by atoms with E-state index in [1.165, 1.54) is 16.0 Å². The molecule has 0 amide bonds. The van der Waals surface area contributed by atoms with Crippen molar-refractivity contribution in [3.63, 3.8) is 0 Å². The molecule has 5 heteroatoms. The van der Waals surface area contributed by atoms with E-state index in [0.29, 0.717) is 6.54 Å². The zero-order chi connectivity index (χ0) is 15.5. The molecule has 0 aromatic heterocycles. The number of nitrogens with zero attached hydrogens (tertiary/aromatic N) is 1. The van der Waals surface area contributed by atoms with Gasteiger partial charge in [-0.3, -0.25) is 0 Å². The number of methoxy groups -OCH3 is 1. The summed E-state index contributed by atoms with van der Waals surface area (Å²) >= 11 is 1.77. The molecule has 0 atom stereocenters. The number of hydrogen-bond donors (Lipinski definition) is 2. The van der Waals surface area contributed by atoms with Crippen LogP contribution in [0.15, 0.2) is 28.1 Å². The van der Waals surface area contributed by atoms with Crippen molar-refractivity contribution in [1.29, 1.82) is 0 Å². The molecule has 2 N–H and O–H groups in total. The number of thioether (sulfide) groups is 1. The fourth-order valence-corrected chi connectivity index (χ4v) is 2.61. The van der Waals surface area contributed by atoms with Gasteiger partial charge in [0, 0.05) is 31.7 Å². The number of aryl methyl sites for hydroxylation is 1. The summed E-state index contributed by atoms with van der Waals surface area (Å²) in [5.41, 5.74) is 2.55. The molecule has 0 saturated heterocycles. The van der Waals surface area contributed by atoms with Gasteiger partial charge in [0.05, 0.1) is 6.54 Å². The first-order chi connectivity index (χ1) is 10.2. The Bertz CT molecular complexity index is 449. The van der Waals surface area contributed by atoms with Crippen LogP contribution in [0.5, 0.6) is 0 Å². The van der Waals surface area contributed by atoms with Crippen LogP contribution in [0.25, 0.3) is 0 Å². The minimum Gasteiger partial charge on any atom is -0.385 e. The number of nitrogens with one attached hydrogen (secondary N) is 2. The van der Waals surface area contributed by atoms with Crippen molar-refractivity contribution in [1.82, 2.24) is 10.6 Å². The predicted molar refractivity (Wildman–Crippen MR) is 92.3 cm³/mol. The number of hydrogen-bond acceptors (Lipinski definition) is 3. The smallest absolute Gasteiger partial charge is 0.191 e. The lowest BCUT2D eigenvalue weighted by atomic mass is 10.1. The lowest BCUT2D eigenvalue weighted by Gasteiger charge is -2.12. The fourth-order valence-electron chi connectivity index (χ4n) is 1.91. The summed E-state index contributed by atoms with van der Waals surface area (Å²) < 4.78 is 5.05. The lowest BCUT2D eigenvalue weighted by molar-refractivity contribution is 0.195. The van der Waals surface area contributed by atoms with Crippen LogP contribution in [-0.4, -0.2) is 39.0 Å². The highest BCUT2D eigenvalue weighted by molar-refractivity contribution is 7.98. The van der Waals surface area contributed by atoms with E-state index in [9.17, 15) is 0 Å². The molecule has 4 nitrogen and oxygen atoms in total. The van der Waals surface area contributed by atoms with Gasteiger partial charge in [-0.25, -0.2) is 4.99 Å². The number of ether oxygens (including phenoxy) is 1. The SMILES string of the molecule is CCNC(=NCc1ccc(C)cc1SC)NCCCOC. The normalized spacial score (nSPS) is 11.5. The molecule has 0 bridgehead atoms. The van der Waals surface area contributed by atoms with Gasteiger partial charge < -0.3 is 15.4 Å².